The molecule has 0 saturated carbocycles. The minimum Gasteiger partial charge on any atom is -0.424 e. The maximum Gasteiger partial charge on any atom is 0.492 e. The topological polar surface area (TPSA) is 59.6 Å². The van der Waals surface area contributed by atoms with Crippen molar-refractivity contribution in [3.8, 4) is 11.5 Å². The van der Waals surface area contributed by atoms with Crippen molar-refractivity contribution in [2.24, 2.45) is 0 Å². The second-order valence-corrected chi connectivity index (χ2v) is 6.00. The summed E-state index contributed by atoms with van der Waals surface area (Å²) in [6.07, 6.45) is -9.93. The van der Waals surface area contributed by atoms with Gasteiger partial charge in [0.1, 0.15) is 0 Å². The standard InChI is InChI=1S/C16H9ClF6N2O3/c17-9-4-5-11-12(7-9)28-16(27-11,15(21,22)23)25-13(26)24-10-3-1-2-8(6-10)14(18,19)20/h1-7H,(H2,24,25,26)/t16-/m1/s1. The fourth-order valence-corrected chi connectivity index (χ4v) is 2.46. The zero-order valence-corrected chi connectivity index (χ0v) is 14.2. The normalized spacial score (nSPS) is 18.7. The highest BCUT2D eigenvalue weighted by Gasteiger charge is 2.65. The van der Waals surface area contributed by atoms with E-state index in [1.165, 1.54) is 11.4 Å². The maximum absolute atomic E-state index is 13.5. The Morgan fingerprint density at radius 2 is 1.64 bits per heavy atom. The summed E-state index contributed by atoms with van der Waals surface area (Å²) in [5, 5.41) is 3.41. The number of carbonyl (C=O) groups excluding carboxylic acids is 1. The van der Waals surface area contributed by atoms with Crippen LogP contribution < -0.4 is 20.1 Å². The lowest BCUT2D eigenvalue weighted by molar-refractivity contribution is -0.317. The molecule has 0 aromatic heterocycles. The first-order valence-corrected chi connectivity index (χ1v) is 7.78. The Labute approximate surface area is 158 Å². The number of alkyl halides is 6. The third-order valence-electron chi connectivity index (χ3n) is 3.51. The van der Waals surface area contributed by atoms with Crippen LogP contribution in [0.2, 0.25) is 5.02 Å². The molecule has 0 spiro atoms. The number of hydrogen-bond donors (Lipinski definition) is 2. The van der Waals surface area contributed by atoms with Crippen molar-refractivity contribution < 1.29 is 40.6 Å². The van der Waals surface area contributed by atoms with Crippen LogP contribution in [0.5, 0.6) is 11.5 Å². The minimum absolute atomic E-state index is 0.0636. The molecule has 2 aromatic rings. The number of rotatable bonds is 2. The summed E-state index contributed by atoms with van der Waals surface area (Å²) in [5.41, 5.74) is -1.48. The van der Waals surface area contributed by atoms with Gasteiger partial charge in [0.05, 0.1) is 5.56 Å². The highest BCUT2D eigenvalue weighted by Crippen LogP contribution is 2.46. The monoisotopic (exact) mass is 426 g/mol. The number of nitrogens with one attached hydrogen (secondary N) is 2. The summed E-state index contributed by atoms with van der Waals surface area (Å²) in [6.45, 7) is 0. The molecule has 2 amide bonds. The molecule has 1 aliphatic heterocycles. The van der Waals surface area contributed by atoms with Gasteiger partial charge in [0, 0.05) is 16.8 Å². The maximum atomic E-state index is 13.5. The van der Waals surface area contributed by atoms with Crippen molar-refractivity contribution in [2.45, 2.75) is 18.3 Å². The number of anilines is 1. The second kappa shape index (κ2) is 6.66. The molecule has 0 aliphatic carbocycles. The zero-order valence-electron chi connectivity index (χ0n) is 13.4. The van der Waals surface area contributed by atoms with E-state index in [2.05, 4.69) is 0 Å². The Morgan fingerprint density at radius 3 is 2.29 bits per heavy atom. The van der Waals surface area contributed by atoms with Crippen LogP contribution in [0, 0.1) is 0 Å². The van der Waals surface area contributed by atoms with Crippen molar-refractivity contribution >= 4 is 23.3 Å². The molecule has 12 heteroatoms. The van der Waals surface area contributed by atoms with Gasteiger partial charge in [-0.1, -0.05) is 17.7 Å². The second-order valence-electron chi connectivity index (χ2n) is 5.57. The largest absolute Gasteiger partial charge is 0.492 e. The van der Waals surface area contributed by atoms with Gasteiger partial charge in [-0.3, -0.25) is 5.32 Å². The molecule has 28 heavy (non-hydrogen) atoms. The molecule has 0 bridgehead atoms. The third kappa shape index (κ3) is 3.88. The van der Waals surface area contributed by atoms with Crippen molar-refractivity contribution in [3.05, 3.63) is 53.1 Å². The van der Waals surface area contributed by atoms with Gasteiger partial charge in [0.25, 0.3) is 0 Å². The number of amides is 2. The lowest BCUT2D eigenvalue weighted by atomic mass is 10.2. The molecule has 2 aromatic carbocycles. The molecule has 2 N–H and O–H groups in total. The van der Waals surface area contributed by atoms with Gasteiger partial charge in [-0.05, 0) is 30.3 Å². The first kappa shape index (κ1) is 19.9. The number of ether oxygens (including phenoxy) is 2. The Balaban J connectivity index is 1.81. The number of fused-ring (bicyclic) bond motifs is 1. The highest BCUT2D eigenvalue weighted by molar-refractivity contribution is 6.30. The Kier molecular flexibility index (Phi) is 4.74. The fourth-order valence-electron chi connectivity index (χ4n) is 2.30. The lowest BCUT2D eigenvalue weighted by Crippen LogP contribution is -2.65. The number of halogens is 7. The van der Waals surface area contributed by atoms with E-state index in [1.54, 1.807) is 0 Å². The predicted octanol–water partition coefficient (Wildman–Crippen LogP) is 5.17. The van der Waals surface area contributed by atoms with Crippen molar-refractivity contribution in [1.82, 2.24) is 5.32 Å². The first-order chi connectivity index (χ1) is 12.9. The molecule has 1 aliphatic rings. The molecule has 0 radical (unpaired) electrons. The minimum atomic E-state index is -5.23. The zero-order chi connectivity index (χ0) is 20.7. The SMILES string of the molecule is O=C(Nc1cccc(C(F)(F)F)c1)N[C@]1(C(F)(F)F)Oc2ccc(Cl)cc2O1. The Morgan fingerprint density at radius 1 is 0.964 bits per heavy atom. The van der Waals surface area contributed by atoms with Gasteiger partial charge in [-0.2, -0.15) is 26.3 Å². The van der Waals surface area contributed by atoms with Crippen LogP contribution in [0.25, 0.3) is 0 Å². The third-order valence-corrected chi connectivity index (χ3v) is 3.75. The summed E-state index contributed by atoms with van der Waals surface area (Å²) in [6, 6.07) is 5.26. The molecule has 150 valence electrons. The van der Waals surface area contributed by atoms with Crippen LogP contribution in [0.4, 0.5) is 36.8 Å². The van der Waals surface area contributed by atoms with Crippen LogP contribution in [0.3, 0.4) is 0 Å². The van der Waals surface area contributed by atoms with E-state index in [1.807, 2.05) is 5.32 Å². The van der Waals surface area contributed by atoms with Crippen LogP contribution in [0.15, 0.2) is 42.5 Å². The van der Waals surface area contributed by atoms with E-state index < -0.39 is 29.9 Å². The quantitative estimate of drug-likeness (QED) is 0.652. The Bertz CT molecular complexity index is 918. The molecule has 1 heterocycles. The van der Waals surface area contributed by atoms with Gasteiger partial charge in [0.15, 0.2) is 11.5 Å². The van der Waals surface area contributed by atoms with Crippen LogP contribution in [0.1, 0.15) is 5.56 Å². The first-order valence-electron chi connectivity index (χ1n) is 7.40. The number of benzene rings is 2. The van der Waals surface area contributed by atoms with Gasteiger partial charge in [-0.15, -0.1) is 0 Å². The smallest absolute Gasteiger partial charge is 0.424 e. The molecular formula is C16H9ClF6N2O3. The molecule has 0 fully saturated rings. The average molecular weight is 427 g/mol. The summed E-state index contributed by atoms with van der Waals surface area (Å²) < 4.78 is 88.2. The van der Waals surface area contributed by atoms with E-state index in [4.69, 9.17) is 21.1 Å². The van der Waals surface area contributed by atoms with Gasteiger partial charge in [-0.25, -0.2) is 4.79 Å². The molecule has 0 saturated heterocycles. The summed E-state index contributed by atoms with van der Waals surface area (Å²) in [5.74, 6) is -4.28. The van der Waals surface area contributed by atoms with Crippen LogP contribution in [-0.2, 0) is 6.18 Å². The fraction of sp³-hybridized carbons (Fsp3) is 0.188. The van der Waals surface area contributed by atoms with Crippen LogP contribution >= 0.6 is 11.6 Å². The van der Waals surface area contributed by atoms with Crippen molar-refractivity contribution in [1.29, 1.82) is 0 Å². The number of hydrogen-bond acceptors (Lipinski definition) is 3. The summed E-state index contributed by atoms with van der Waals surface area (Å²) in [7, 11) is 0. The molecule has 1 atom stereocenters. The van der Waals surface area contributed by atoms with Crippen molar-refractivity contribution in [2.75, 3.05) is 5.32 Å². The Hall–Kier alpha value is -2.82. The van der Waals surface area contributed by atoms with E-state index in [9.17, 15) is 31.1 Å². The molecular weight excluding hydrogens is 418 g/mol. The molecule has 0 unspecified atom stereocenters. The van der Waals surface area contributed by atoms with Gasteiger partial charge < -0.3 is 14.8 Å². The molecule has 3 rings (SSSR count). The number of urea groups is 1. The lowest BCUT2D eigenvalue weighted by Gasteiger charge is -2.29. The number of carbonyl (C=O) groups is 1. The average Bonchev–Trinajstić information content (AvgIpc) is 2.92. The highest BCUT2D eigenvalue weighted by atomic mass is 35.5. The van der Waals surface area contributed by atoms with E-state index >= 15 is 0 Å². The predicted molar refractivity (Wildman–Crippen MR) is 85.1 cm³/mol. The van der Waals surface area contributed by atoms with E-state index in [-0.39, 0.29) is 22.2 Å². The van der Waals surface area contributed by atoms with Crippen molar-refractivity contribution in [3.63, 3.8) is 0 Å². The summed E-state index contributed by atoms with van der Waals surface area (Å²) in [4.78, 5) is 12.0. The molecule has 5 nitrogen and oxygen atoms in total. The van der Waals surface area contributed by atoms with Gasteiger partial charge in [0.2, 0.25) is 0 Å². The van der Waals surface area contributed by atoms with E-state index in [0.29, 0.717) is 6.07 Å². The summed E-state index contributed by atoms with van der Waals surface area (Å²) >= 11 is 5.69. The van der Waals surface area contributed by atoms with Gasteiger partial charge >= 0.3 is 24.3 Å². The van der Waals surface area contributed by atoms with E-state index in [0.717, 1.165) is 30.3 Å². The van der Waals surface area contributed by atoms with Crippen LogP contribution in [-0.4, -0.2) is 18.1 Å².